The minimum Gasteiger partial charge on any atom is -0.506 e. The highest BCUT2D eigenvalue weighted by molar-refractivity contribution is 7.75. The van der Waals surface area contributed by atoms with E-state index in [0.717, 1.165) is 49.9 Å². The number of anilines is 1. The van der Waals surface area contributed by atoms with Crippen LogP contribution in [0.25, 0.3) is 10.9 Å². The van der Waals surface area contributed by atoms with Gasteiger partial charge in [-0.05, 0) is 104 Å². The van der Waals surface area contributed by atoms with Crippen molar-refractivity contribution in [3.8, 4) is 11.5 Å². The molecule has 1 saturated heterocycles. The van der Waals surface area contributed by atoms with E-state index in [9.17, 15) is 24.6 Å². The molecule has 56 heavy (non-hydrogen) atoms. The molecule has 7 rings (SSSR count). The average molecular weight is 839 g/mol. The van der Waals surface area contributed by atoms with Gasteiger partial charge < -0.3 is 44.4 Å². The highest BCUT2D eigenvalue weighted by Gasteiger charge is 2.51. The van der Waals surface area contributed by atoms with Gasteiger partial charge in [-0.3, -0.25) is 9.59 Å². The first-order chi connectivity index (χ1) is 27.0. The van der Waals surface area contributed by atoms with Crippen molar-refractivity contribution in [3.05, 3.63) is 108 Å². The third-order valence-corrected chi connectivity index (χ3v) is 13.4. The fourth-order valence-electron chi connectivity index (χ4n) is 7.75. The van der Waals surface area contributed by atoms with Crippen molar-refractivity contribution in [2.75, 3.05) is 38.6 Å². The normalized spacial score (nSPS) is 16.4. The van der Waals surface area contributed by atoms with Gasteiger partial charge in [-0.15, -0.1) is 22.7 Å². The summed E-state index contributed by atoms with van der Waals surface area (Å²) < 4.78 is 17.0. The number of aromatic nitrogens is 1. The molecule has 4 heterocycles. The molecule has 1 aliphatic heterocycles. The Balaban J connectivity index is 0.864. The van der Waals surface area contributed by atoms with Crippen LogP contribution in [0.2, 0.25) is 5.02 Å². The number of nitrogens with one attached hydrogen (secondary N) is 3. The van der Waals surface area contributed by atoms with Crippen LogP contribution in [0.4, 0.5) is 5.69 Å². The Morgan fingerprint density at radius 3 is 2.45 bits per heavy atom. The molecule has 5 N–H and O–H groups in total. The van der Waals surface area contributed by atoms with E-state index in [-0.39, 0.29) is 28.7 Å². The van der Waals surface area contributed by atoms with Crippen molar-refractivity contribution >= 4 is 75.7 Å². The average Bonchev–Trinajstić information content (AvgIpc) is 3.94. The zero-order chi connectivity index (χ0) is 39.5. The summed E-state index contributed by atoms with van der Waals surface area (Å²) in [6.45, 7) is 3.00. The third kappa shape index (κ3) is 8.50. The summed E-state index contributed by atoms with van der Waals surface area (Å²) in [5.41, 5.74) is 0.256. The maximum atomic E-state index is 13.4. The Labute approximate surface area is 342 Å². The van der Waals surface area contributed by atoms with Crippen molar-refractivity contribution in [1.82, 2.24) is 15.2 Å². The predicted molar refractivity (Wildman–Crippen MR) is 221 cm³/mol. The summed E-state index contributed by atoms with van der Waals surface area (Å²) in [6.07, 6.45) is 3.00. The van der Waals surface area contributed by atoms with Gasteiger partial charge in [-0.1, -0.05) is 29.8 Å². The number of thiol groups is 1. The summed E-state index contributed by atoms with van der Waals surface area (Å²) in [6, 6.07) is 16.9. The number of fused-ring (bicyclic) bond motifs is 1. The quantitative estimate of drug-likeness (QED) is 0.0378. The zero-order valence-electron chi connectivity index (χ0n) is 30.6. The Bertz CT molecular complexity index is 2180. The van der Waals surface area contributed by atoms with Gasteiger partial charge in [0.25, 0.3) is 0 Å². The number of methoxy groups -OCH3 is 1. The number of likely N-dealkylation sites (tertiary alicyclic amines) is 1. The van der Waals surface area contributed by atoms with E-state index < -0.39 is 17.7 Å². The Morgan fingerprint density at radius 1 is 1.09 bits per heavy atom. The molecule has 0 unspecified atom stereocenters. The highest BCUT2D eigenvalue weighted by atomic mass is 35.5. The van der Waals surface area contributed by atoms with E-state index in [0.29, 0.717) is 63.2 Å². The number of ether oxygens (including phenoxy) is 2. The van der Waals surface area contributed by atoms with Crippen molar-refractivity contribution in [2.45, 2.75) is 56.5 Å². The van der Waals surface area contributed by atoms with Gasteiger partial charge in [0.2, 0.25) is 17.1 Å². The first-order valence-corrected chi connectivity index (χ1v) is 20.8. The van der Waals surface area contributed by atoms with Crippen LogP contribution < -0.4 is 20.9 Å². The van der Waals surface area contributed by atoms with Crippen LogP contribution in [-0.4, -0.2) is 71.4 Å². The van der Waals surface area contributed by atoms with Gasteiger partial charge >= 0.3 is 5.97 Å². The number of aromatic hydroxyl groups is 1. The van der Waals surface area contributed by atoms with Crippen LogP contribution in [0.15, 0.2) is 76.2 Å². The number of piperidine rings is 1. The summed E-state index contributed by atoms with van der Waals surface area (Å²) in [7, 11) is 1.55. The van der Waals surface area contributed by atoms with E-state index in [1.807, 2.05) is 22.9 Å². The van der Waals surface area contributed by atoms with Gasteiger partial charge in [0.15, 0.2) is 0 Å². The second-order valence-corrected chi connectivity index (χ2v) is 16.9. The standard InChI is InChI=1S/C40H43ClN4O8S3/c1-51-31-19-29(28(41)18-24(31)22-42-23-32(53-54)26-6-8-30(46)37-27(26)7-9-35(47)44-37)43-36(48)10-13-45-14-11-39(12-15-45)20-25(21-39)52-38(49)40(50,33-4-2-16-55-33)34-5-3-17-56-34/h2-9,16-19,25,32,42,46,50,54H,10-15,20-23H2,1H3,(H,43,48)(H,44,47)/t32-/m0/s1. The highest BCUT2D eigenvalue weighted by Crippen LogP contribution is 2.51. The Hall–Kier alpha value is -3.93. The van der Waals surface area contributed by atoms with Gasteiger partial charge in [0.1, 0.15) is 23.7 Å². The minimum atomic E-state index is -1.80. The number of pyridine rings is 1. The lowest BCUT2D eigenvalue weighted by Gasteiger charge is -2.51. The fraction of sp³-hybridized carbons (Fsp3) is 0.375. The number of carbonyl (C=O) groups is 2. The number of halogens is 1. The summed E-state index contributed by atoms with van der Waals surface area (Å²) >= 11 is 13.4. The molecule has 2 aromatic carbocycles. The molecule has 1 amide bonds. The summed E-state index contributed by atoms with van der Waals surface area (Å²) in [5, 5.41) is 32.8. The minimum absolute atomic E-state index is 0.0415. The van der Waals surface area contributed by atoms with Crippen LogP contribution in [0.3, 0.4) is 0 Å². The van der Waals surface area contributed by atoms with Crippen LogP contribution in [0.1, 0.15) is 59.1 Å². The Morgan fingerprint density at radius 2 is 1.80 bits per heavy atom. The smallest absolute Gasteiger partial charge is 0.349 e. The first kappa shape index (κ1) is 40.3. The molecule has 1 spiro atoms. The van der Waals surface area contributed by atoms with E-state index in [1.54, 1.807) is 43.5 Å². The molecular formula is C40H43ClN4O8S3. The number of benzene rings is 2. The lowest BCUT2D eigenvalue weighted by atomic mass is 9.61. The molecule has 0 bridgehead atoms. The molecule has 12 nitrogen and oxygen atoms in total. The maximum absolute atomic E-state index is 13.4. The van der Waals surface area contributed by atoms with Gasteiger partial charge in [0, 0.05) is 49.1 Å². The molecule has 5 aromatic rings. The van der Waals surface area contributed by atoms with E-state index in [2.05, 4.69) is 33.4 Å². The number of hydrogen-bond acceptors (Lipinski definition) is 13. The topological polar surface area (TPSA) is 162 Å². The summed E-state index contributed by atoms with van der Waals surface area (Å²) in [5.74, 6) is -0.276. The van der Waals surface area contributed by atoms with Gasteiger partial charge in [-0.25, -0.2) is 4.79 Å². The lowest BCUT2D eigenvalue weighted by molar-refractivity contribution is -0.181. The molecule has 16 heteroatoms. The molecular weight excluding hydrogens is 796 g/mol. The number of thiophene rings is 2. The number of aromatic amines is 1. The number of phenols is 1. The second-order valence-electron chi connectivity index (χ2n) is 14.4. The maximum Gasteiger partial charge on any atom is 0.349 e. The molecule has 3 aromatic heterocycles. The molecule has 1 saturated carbocycles. The zero-order valence-corrected chi connectivity index (χ0v) is 33.9. The molecule has 1 atom stereocenters. The van der Waals surface area contributed by atoms with Crippen molar-refractivity contribution in [3.63, 3.8) is 0 Å². The lowest BCUT2D eigenvalue weighted by Crippen LogP contribution is -2.52. The number of carbonyl (C=O) groups excluding carboxylic acids is 2. The number of phenolic OH excluding ortho intramolecular Hbond substituents is 1. The van der Waals surface area contributed by atoms with E-state index in [1.165, 1.54) is 34.8 Å². The number of amides is 1. The molecule has 2 fully saturated rings. The predicted octanol–water partition coefficient (Wildman–Crippen LogP) is 6.76. The monoisotopic (exact) mass is 838 g/mol. The summed E-state index contributed by atoms with van der Waals surface area (Å²) in [4.78, 5) is 44.3. The van der Waals surface area contributed by atoms with Gasteiger partial charge in [0.05, 0.1) is 33.1 Å². The SMILES string of the molecule is COc1cc(NC(=O)CCN2CCC3(CC2)CC(OC(=O)C(O)(c2cccs2)c2cccs2)C3)c(Cl)cc1CNC[C@H](OS)c1ccc(O)c2[nH]c(=O)ccc12. The number of esters is 1. The van der Waals surface area contributed by atoms with Crippen LogP contribution >= 0.6 is 47.2 Å². The molecule has 0 radical (unpaired) electrons. The number of hydrogen-bond donors (Lipinski definition) is 6. The molecule has 1 aliphatic carbocycles. The fourth-order valence-corrected chi connectivity index (χ4v) is 9.89. The number of rotatable bonds is 15. The van der Waals surface area contributed by atoms with Crippen LogP contribution in [0, 0.1) is 5.41 Å². The van der Waals surface area contributed by atoms with E-state index >= 15 is 0 Å². The Kier molecular flexibility index (Phi) is 12.4. The second kappa shape index (κ2) is 17.3. The van der Waals surface area contributed by atoms with E-state index in [4.69, 9.17) is 25.3 Å². The third-order valence-electron chi connectivity index (χ3n) is 10.9. The largest absolute Gasteiger partial charge is 0.506 e. The number of H-pyrrole nitrogens is 1. The van der Waals surface area contributed by atoms with Gasteiger partial charge in [-0.2, -0.15) is 0 Å². The van der Waals surface area contributed by atoms with Crippen molar-refractivity contribution in [1.29, 1.82) is 0 Å². The van der Waals surface area contributed by atoms with Crippen LogP contribution in [0.5, 0.6) is 11.5 Å². The first-order valence-electron chi connectivity index (χ1n) is 18.3. The number of aliphatic hydroxyl groups is 1. The number of nitrogens with zero attached hydrogens (tertiary/aromatic N) is 1. The van der Waals surface area contributed by atoms with Crippen molar-refractivity contribution in [2.24, 2.45) is 5.41 Å². The van der Waals surface area contributed by atoms with Crippen LogP contribution in [-0.2, 0) is 30.7 Å². The molecule has 296 valence electrons. The van der Waals surface area contributed by atoms with Crippen molar-refractivity contribution < 1.29 is 33.5 Å². The molecule has 2 aliphatic rings.